The fourth-order valence-electron chi connectivity index (χ4n) is 2.24. The Morgan fingerprint density at radius 1 is 1.36 bits per heavy atom. The van der Waals surface area contributed by atoms with Crippen LogP contribution >= 0.6 is 0 Å². The Bertz CT molecular complexity index is 751. The molecule has 2 N–H and O–H groups in total. The van der Waals surface area contributed by atoms with Gasteiger partial charge in [-0.3, -0.25) is 5.43 Å². The molecule has 1 heterocycles. The van der Waals surface area contributed by atoms with Gasteiger partial charge in [-0.25, -0.2) is 4.79 Å². The number of carbonyl (C=O) groups excluding carboxylic acids is 1. The van der Waals surface area contributed by atoms with Crippen molar-refractivity contribution < 1.29 is 9.53 Å². The predicted molar refractivity (Wildman–Crippen MR) is 93.9 cm³/mol. The van der Waals surface area contributed by atoms with E-state index in [9.17, 15) is 4.79 Å². The quantitative estimate of drug-likeness (QED) is 0.632. The molecular weight excluding hydrogens is 320 g/mol. The number of fused-ring (bicyclic) bond motifs is 1. The van der Waals surface area contributed by atoms with E-state index in [-0.39, 0.29) is 11.8 Å². The Morgan fingerprint density at radius 2 is 2.08 bits per heavy atom. The van der Waals surface area contributed by atoms with Gasteiger partial charge in [-0.1, -0.05) is 6.07 Å². The van der Waals surface area contributed by atoms with Gasteiger partial charge in [0.25, 0.3) is 0 Å². The Balaban J connectivity index is 2.13. The molecule has 1 aromatic rings. The first-order valence-corrected chi connectivity index (χ1v) is 7.81. The number of benzene rings is 1. The van der Waals surface area contributed by atoms with E-state index in [0.29, 0.717) is 25.3 Å². The molecule has 0 atom stereocenters. The van der Waals surface area contributed by atoms with Crippen LogP contribution in [0.3, 0.4) is 0 Å². The predicted octanol–water partition coefficient (Wildman–Crippen LogP) is 2.66. The fourth-order valence-corrected chi connectivity index (χ4v) is 2.24. The number of nitrogens with zero attached hydrogens (tertiary/aromatic N) is 4. The molecule has 1 aliphatic heterocycles. The highest BCUT2D eigenvalue weighted by Crippen LogP contribution is 2.25. The van der Waals surface area contributed by atoms with Gasteiger partial charge in [-0.05, 0) is 38.5 Å². The van der Waals surface area contributed by atoms with Gasteiger partial charge in [0, 0.05) is 18.8 Å². The fraction of sp³-hybridized carbons (Fsp3) is 0.412. The Morgan fingerprint density at radius 3 is 2.72 bits per heavy atom. The molecule has 0 aliphatic carbocycles. The van der Waals surface area contributed by atoms with E-state index < -0.39 is 5.60 Å². The summed E-state index contributed by atoms with van der Waals surface area (Å²) in [6, 6.07) is 8.83. The van der Waals surface area contributed by atoms with Crippen LogP contribution in [-0.4, -0.2) is 35.4 Å². The Kier molecular flexibility index (Phi) is 5.45. The molecule has 0 saturated heterocycles. The minimum Gasteiger partial charge on any atom is -0.444 e. The van der Waals surface area contributed by atoms with Crippen LogP contribution in [0.15, 0.2) is 23.3 Å². The Hall–Kier alpha value is -3.26. The minimum absolute atomic E-state index is 0.251. The van der Waals surface area contributed by atoms with Gasteiger partial charge in [0.05, 0.1) is 12.2 Å². The summed E-state index contributed by atoms with van der Waals surface area (Å²) in [4.78, 5) is 13.9. The third kappa shape index (κ3) is 5.11. The van der Waals surface area contributed by atoms with Gasteiger partial charge in [-0.2, -0.15) is 15.6 Å². The second-order valence-electron chi connectivity index (χ2n) is 6.50. The van der Waals surface area contributed by atoms with Crippen molar-refractivity contribution in [2.24, 2.45) is 5.10 Å². The molecule has 8 nitrogen and oxygen atoms in total. The van der Waals surface area contributed by atoms with E-state index in [1.165, 1.54) is 0 Å². The summed E-state index contributed by atoms with van der Waals surface area (Å²) in [6.45, 7) is 7.05. The van der Waals surface area contributed by atoms with Crippen LogP contribution in [0.1, 0.15) is 26.3 Å². The lowest BCUT2D eigenvalue weighted by atomic mass is 10.1. The molecule has 0 spiro atoms. The third-order valence-corrected chi connectivity index (χ3v) is 3.33. The summed E-state index contributed by atoms with van der Waals surface area (Å²) in [5.74, 6) is 0. The molecule has 0 unspecified atom stereocenters. The van der Waals surface area contributed by atoms with E-state index in [2.05, 4.69) is 15.8 Å². The van der Waals surface area contributed by atoms with Crippen LogP contribution in [-0.2, 0) is 11.3 Å². The number of hydrogen-bond acceptors (Lipinski definition) is 7. The van der Waals surface area contributed by atoms with Gasteiger partial charge in [0.1, 0.15) is 17.7 Å². The summed E-state index contributed by atoms with van der Waals surface area (Å²) < 4.78 is 5.43. The molecule has 2 rings (SSSR count). The molecule has 1 amide bonds. The molecule has 0 radical (unpaired) electrons. The van der Waals surface area contributed by atoms with Gasteiger partial charge in [-0.15, -0.1) is 0 Å². The third-order valence-electron chi connectivity index (χ3n) is 3.33. The average Bonchev–Trinajstić information content (AvgIpc) is 2.76. The van der Waals surface area contributed by atoms with Gasteiger partial charge in [0.15, 0.2) is 0 Å². The van der Waals surface area contributed by atoms with Crippen molar-refractivity contribution in [1.82, 2.24) is 4.90 Å². The molecular formula is C17H20N6O2. The minimum atomic E-state index is -0.537. The average molecular weight is 340 g/mol. The van der Waals surface area contributed by atoms with Crippen LogP contribution in [0.2, 0.25) is 0 Å². The first-order valence-electron chi connectivity index (χ1n) is 7.81. The SMILES string of the molecule is CC(C)(C)OC(=O)N1CCNc2cc(NN=C(C#N)C#N)ccc2C1. The van der Waals surface area contributed by atoms with Crippen molar-refractivity contribution in [3.8, 4) is 12.1 Å². The van der Waals surface area contributed by atoms with E-state index in [1.807, 2.05) is 32.9 Å². The number of nitriles is 2. The maximum atomic E-state index is 12.3. The molecule has 130 valence electrons. The summed E-state index contributed by atoms with van der Waals surface area (Å²) >= 11 is 0. The van der Waals surface area contributed by atoms with Gasteiger partial charge < -0.3 is 15.0 Å². The number of anilines is 2. The summed E-state index contributed by atoms with van der Waals surface area (Å²) in [5.41, 5.74) is 4.34. The zero-order chi connectivity index (χ0) is 18.4. The highest BCUT2D eigenvalue weighted by Gasteiger charge is 2.24. The second kappa shape index (κ2) is 7.54. The number of ether oxygens (including phenoxy) is 1. The van der Waals surface area contributed by atoms with Crippen molar-refractivity contribution in [3.05, 3.63) is 23.8 Å². The van der Waals surface area contributed by atoms with E-state index in [1.54, 1.807) is 23.1 Å². The second-order valence-corrected chi connectivity index (χ2v) is 6.50. The molecule has 0 aromatic heterocycles. The molecule has 0 fully saturated rings. The standard InChI is InChI=1S/C17H20N6O2/c1-17(2,3)25-16(24)23-7-6-20-15-8-13(5-4-12(15)11-23)21-22-14(9-18)10-19/h4-5,8,20-21H,6-7,11H2,1-3H3. The van der Waals surface area contributed by atoms with Crippen LogP contribution in [0.25, 0.3) is 0 Å². The van der Waals surface area contributed by atoms with Gasteiger partial charge in [0.2, 0.25) is 5.71 Å². The highest BCUT2D eigenvalue weighted by molar-refractivity contribution is 6.10. The number of hydrazone groups is 1. The van der Waals surface area contributed by atoms with E-state index >= 15 is 0 Å². The Labute approximate surface area is 146 Å². The lowest BCUT2D eigenvalue weighted by Gasteiger charge is -2.26. The smallest absolute Gasteiger partial charge is 0.410 e. The molecule has 25 heavy (non-hydrogen) atoms. The molecule has 8 heteroatoms. The van der Waals surface area contributed by atoms with Crippen molar-refractivity contribution >= 4 is 23.2 Å². The number of nitrogens with one attached hydrogen (secondary N) is 2. The zero-order valence-corrected chi connectivity index (χ0v) is 14.5. The van der Waals surface area contributed by atoms with Gasteiger partial charge >= 0.3 is 6.09 Å². The summed E-state index contributed by atoms with van der Waals surface area (Å²) in [5, 5.41) is 24.4. The largest absolute Gasteiger partial charge is 0.444 e. The van der Waals surface area contributed by atoms with Crippen LogP contribution < -0.4 is 10.7 Å². The van der Waals surface area contributed by atoms with Crippen molar-refractivity contribution in [2.75, 3.05) is 23.8 Å². The first kappa shape index (κ1) is 18.1. The molecule has 0 saturated carbocycles. The zero-order valence-electron chi connectivity index (χ0n) is 14.5. The molecule has 1 aliphatic rings. The van der Waals surface area contributed by atoms with E-state index in [0.717, 1.165) is 11.3 Å². The number of hydrogen-bond donors (Lipinski definition) is 2. The van der Waals surface area contributed by atoms with E-state index in [4.69, 9.17) is 15.3 Å². The van der Waals surface area contributed by atoms with Crippen LogP contribution in [0.5, 0.6) is 0 Å². The lowest BCUT2D eigenvalue weighted by Crippen LogP contribution is -2.37. The maximum absolute atomic E-state index is 12.3. The number of rotatable bonds is 2. The van der Waals surface area contributed by atoms with Crippen molar-refractivity contribution in [2.45, 2.75) is 32.9 Å². The summed E-state index contributed by atoms with van der Waals surface area (Å²) in [6.07, 6.45) is -0.346. The van der Waals surface area contributed by atoms with Crippen molar-refractivity contribution in [3.63, 3.8) is 0 Å². The highest BCUT2D eigenvalue weighted by atomic mass is 16.6. The summed E-state index contributed by atoms with van der Waals surface area (Å²) in [7, 11) is 0. The molecule has 0 bridgehead atoms. The van der Waals surface area contributed by atoms with Crippen molar-refractivity contribution in [1.29, 1.82) is 10.5 Å². The molecule has 1 aromatic carbocycles. The monoisotopic (exact) mass is 340 g/mol. The normalized spacial score (nSPS) is 13.2. The maximum Gasteiger partial charge on any atom is 0.410 e. The number of carbonyl (C=O) groups is 1. The lowest BCUT2D eigenvalue weighted by molar-refractivity contribution is 0.0245. The number of amides is 1. The first-order chi connectivity index (χ1) is 11.8. The topological polar surface area (TPSA) is 114 Å². The van der Waals surface area contributed by atoms with Crippen LogP contribution in [0, 0.1) is 22.7 Å². The van der Waals surface area contributed by atoms with Crippen LogP contribution in [0.4, 0.5) is 16.2 Å².